The average molecular weight is 294 g/mol. The number of nitrogens with one attached hydrogen (secondary N) is 1. The lowest BCUT2D eigenvalue weighted by atomic mass is 9.86. The third-order valence-electron chi connectivity index (χ3n) is 4.79. The minimum Gasteiger partial charge on any atom is -0.311 e. The van der Waals surface area contributed by atoms with E-state index in [1.807, 2.05) is 7.05 Å². The Morgan fingerprint density at radius 3 is 2.57 bits per heavy atom. The van der Waals surface area contributed by atoms with Gasteiger partial charge in [0.25, 0.3) is 0 Å². The fraction of sp³-hybridized carbons (Fsp3) is 0.933. The van der Waals surface area contributed by atoms with Crippen molar-refractivity contribution in [2.75, 3.05) is 13.1 Å². The van der Waals surface area contributed by atoms with Crippen molar-refractivity contribution in [2.45, 2.75) is 65.1 Å². The number of aryl methyl sites for hydroxylation is 1. The van der Waals surface area contributed by atoms with Gasteiger partial charge in [-0.2, -0.15) is 4.80 Å². The van der Waals surface area contributed by atoms with E-state index in [4.69, 9.17) is 0 Å². The van der Waals surface area contributed by atoms with Gasteiger partial charge in [0, 0.05) is 24.7 Å². The summed E-state index contributed by atoms with van der Waals surface area (Å²) in [4.78, 5) is 4.12. The van der Waals surface area contributed by atoms with Gasteiger partial charge < -0.3 is 5.32 Å². The molecule has 0 spiro atoms. The van der Waals surface area contributed by atoms with Gasteiger partial charge in [0.15, 0.2) is 5.82 Å². The van der Waals surface area contributed by atoms with Crippen LogP contribution in [0.25, 0.3) is 0 Å². The van der Waals surface area contributed by atoms with Crippen LogP contribution in [0, 0.1) is 5.92 Å². The molecule has 21 heavy (non-hydrogen) atoms. The number of hydrogen-bond donors (Lipinski definition) is 1. The molecule has 1 aliphatic rings. The van der Waals surface area contributed by atoms with Crippen molar-refractivity contribution >= 4 is 0 Å². The Morgan fingerprint density at radius 2 is 2.05 bits per heavy atom. The number of aromatic nitrogens is 4. The summed E-state index contributed by atoms with van der Waals surface area (Å²) in [7, 11) is 1.82. The van der Waals surface area contributed by atoms with Crippen molar-refractivity contribution in [1.29, 1.82) is 0 Å². The van der Waals surface area contributed by atoms with Crippen LogP contribution < -0.4 is 5.32 Å². The second kappa shape index (κ2) is 6.83. The monoisotopic (exact) mass is 294 g/mol. The molecule has 1 aromatic heterocycles. The largest absolute Gasteiger partial charge is 0.311 e. The van der Waals surface area contributed by atoms with Crippen molar-refractivity contribution in [3.8, 4) is 0 Å². The lowest BCUT2D eigenvalue weighted by molar-refractivity contribution is 0.0186. The number of piperazine rings is 1. The van der Waals surface area contributed by atoms with E-state index in [1.54, 1.807) is 4.80 Å². The van der Waals surface area contributed by atoms with Crippen LogP contribution in [0.3, 0.4) is 0 Å². The second-order valence-corrected chi connectivity index (χ2v) is 6.71. The van der Waals surface area contributed by atoms with E-state index >= 15 is 0 Å². The lowest BCUT2D eigenvalue weighted by Gasteiger charge is -2.49. The van der Waals surface area contributed by atoms with E-state index in [0.29, 0.717) is 6.04 Å². The van der Waals surface area contributed by atoms with Crippen molar-refractivity contribution in [2.24, 2.45) is 13.0 Å². The van der Waals surface area contributed by atoms with E-state index in [-0.39, 0.29) is 5.54 Å². The van der Waals surface area contributed by atoms with Crippen molar-refractivity contribution < 1.29 is 0 Å². The molecule has 1 aliphatic heterocycles. The van der Waals surface area contributed by atoms with Gasteiger partial charge >= 0.3 is 0 Å². The maximum Gasteiger partial charge on any atom is 0.188 e. The molecule has 6 nitrogen and oxygen atoms in total. The molecule has 1 fully saturated rings. The SMILES string of the molecule is CCC1(CC)CNC(CC(C)C)CN1Cc1nnn(C)n1. The summed E-state index contributed by atoms with van der Waals surface area (Å²) >= 11 is 0. The summed E-state index contributed by atoms with van der Waals surface area (Å²) in [6.07, 6.45) is 3.50. The molecule has 1 saturated heterocycles. The van der Waals surface area contributed by atoms with Crippen molar-refractivity contribution in [3.05, 3.63) is 5.82 Å². The highest BCUT2D eigenvalue weighted by Gasteiger charge is 2.39. The smallest absolute Gasteiger partial charge is 0.188 e. The molecule has 1 aromatic rings. The summed E-state index contributed by atoms with van der Waals surface area (Å²) in [5.74, 6) is 1.55. The molecule has 1 atom stereocenters. The van der Waals surface area contributed by atoms with Gasteiger partial charge in [0.05, 0.1) is 13.6 Å². The van der Waals surface area contributed by atoms with E-state index < -0.39 is 0 Å². The predicted molar refractivity (Wildman–Crippen MR) is 83.8 cm³/mol. The molecular weight excluding hydrogens is 264 g/mol. The van der Waals surface area contributed by atoms with Gasteiger partial charge in [0.2, 0.25) is 0 Å². The molecule has 1 unspecified atom stereocenters. The maximum absolute atomic E-state index is 4.36. The number of hydrogen-bond acceptors (Lipinski definition) is 5. The molecule has 0 radical (unpaired) electrons. The summed E-state index contributed by atoms with van der Waals surface area (Å²) < 4.78 is 0. The Morgan fingerprint density at radius 1 is 1.33 bits per heavy atom. The van der Waals surface area contributed by atoms with Crippen molar-refractivity contribution in [3.63, 3.8) is 0 Å². The van der Waals surface area contributed by atoms with Gasteiger partial charge in [-0.05, 0) is 30.4 Å². The first-order chi connectivity index (χ1) is 9.99. The molecule has 0 amide bonds. The molecule has 6 heteroatoms. The Hall–Kier alpha value is -1.01. The van der Waals surface area contributed by atoms with Gasteiger partial charge in [-0.15, -0.1) is 10.2 Å². The molecule has 0 aromatic carbocycles. The Kier molecular flexibility index (Phi) is 5.32. The number of tetrazole rings is 1. The zero-order valence-corrected chi connectivity index (χ0v) is 14.1. The minimum atomic E-state index is 0.215. The van der Waals surface area contributed by atoms with Crippen LogP contribution in [0.5, 0.6) is 0 Å². The zero-order chi connectivity index (χ0) is 15.5. The summed E-state index contributed by atoms with van der Waals surface area (Å²) in [6, 6.07) is 0.563. The van der Waals surface area contributed by atoms with Crippen LogP contribution in [-0.4, -0.2) is 49.8 Å². The van der Waals surface area contributed by atoms with Gasteiger partial charge in [-0.1, -0.05) is 27.7 Å². The molecule has 120 valence electrons. The van der Waals surface area contributed by atoms with Crippen LogP contribution >= 0.6 is 0 Å². The van der Waals surface area contributed by atoms with E-state index in [2.05, 4.69) is 53.3 Å². The molecule has 1 N–H and O–H groups in total. The minimum absolute atomic E-state index is 0.215. The van der Waals surface area contributed by atoms with Crippen LogP contribution in [0.1, 0.15) is 52.8 Å². The van der Waals surface area contributed by atoms with Crippen LogP contribution in [0.2, 0.25) is 0 Å². The van der Waals surface area contributed by atoms with Gasteiger partial charge in [0.1, 0.15) is 0 Å². The first-order valence-electron chi connectivity index (χ1n) is 8.20. The van der Waals surface area contributed by atoms with Crippen molar-refractivity contribution in [1.82, 2.24) is 30.4 Å². The normalized spacial score (nSPS) is 22.9. The third kappa shape index (κ3) is 3.80. The van der Waals surface area contributed by atoms with Crippen LogP contribution in [-0.2, 0) is 13.6 Å². The highest BCUT2D eigenvalue weighted by Crippen LogP contribution is 2.29. The molecular formula is C15H30N6. The summed E-state index contributed by atoms with van der Waals surface area (Å²) in [5, 5.41) is 16.3. The predicted octanol–water partition coefficient (Wildman–Crippen LogP) is 1.59. The highest BCUT2D eigenvalue weighted by atomic mass is 15.6. The fourth-order valence-electron chi connectivity index (χ4n) is 3.43. The Bertz CT molecular complexity index is 437. The van der Waals surface area contributed by atoms with Gasteiger partial charge in [-0.25, -0.2) is 0 Å². The summed E-state index contributed by atoms with van der Waals surface area (Å²) in [5.41, 5.74) is 0.215. The third-order valence-corrected chi connectivity index (χ3v) is 4.79. The first-order valence-corrected chi connectivity index (χ1v) is 8.20. The Labute approximate surface area is 128 Å². The summed E-state index contributed by atoms with van der Waals surface area (Å²) in [6.45, 7) is 12.1. The molecule has 0 saturated carbocycles. The second-order valence-electron chi connectivity index (χ2n) is 6.71. The molecule has 2 rings (SSSR count). The fourth-order valence-corrected chi connectivity index (χ4v) is 3.43. The van der Waals surface area contributed by atoms with E-state index in [1.165, 1.54) is 6.42 Å². The maximum atomic E-state index is 4.36. The quantitative estimate of drug-likeness (QED) is 0.863. The van der Waals surface area contributed by atoms with E-state index in [0.717, 1.165) is 44.2 Å². The zero-order valence-electron chi connectivity index (χ0n) is 14.1. The average Bonchev–Trinajstić information content (AvgIpc) is 2.85. The van der Waals surface area contributed by atoms with Crippen LogP contribution in [0.15, 0.2) is 0 Å². The standard InChI is InChI=1S/C15H30N6/c1-6-15(7-2)11-16-13(8-12(3)4)9-21(15)10-14-17-19-20(5)18-14/h12-13,16H,6-11H2,1-5H3. The number of nitrogens with zero attached hydrogens (tertiary/aromatic N) is 5. The van der Waals surface area contributed by atoms with Gasteiger partial charge in [-0.3, -0.25) is 4.90 Å². The lowest BCUT2D eigenvalue weighted by Crippen LogP contribution is -2.64. The number of rotatable bonds is 6. The highest BCUT2D eigenvalue weighted by molar-refractivity contribution is 4.99. The first kappa shape index (κ1) is 16.4. The molecule has 0 bridgehead atoms. The van der Waals surface area contributed by atoms with E-state index in [9.17, 15) is 0 Å². The molecule has 2 heterocycles. The van der Waals surface area contributed by atoms with Crippen LogP contribution in [0.4, 0.5) is 0 Å². The Balaban J connectivity index is 2.12. The molecule has 0 aliphatic carbocycles. The topological polar surface area (TPSA) is 58.9 Å².